The first-order chi connectivity index (χ1) is 13.6. The van der Waals surface area contributed by atoms with Crippen LogP contribution in [-0.4, -0.2) is 19.3 Å². The third kappa shape index (κ3) is 6.09. The fourth-order valence-corrected chi connectivity index (χ4v) is 3.25. The van der Waals surface area contributed by atoms with Gasteiger partial charge in [0.15, 0.2) is 0 Å². The average Bonchev–Trinajstić information content (AvgIpc) is 3.18. The SMILES string of the molecule is Nc1cc(OC2CCCC2)ccc1OCCCCOCc1cc(F)ccc1F. The minimum absolute atomic E-state index is 0.0554. The molecule has 0 amide bonds. The highest BCUT2D eigenvalue weighted by Crippen LogP contribution is 2.30. The molecule has 152 valence electrons. The molecule has 0 radical (unpaired) electrons. The van der Waals surface area contributed by atoms with Gasteiger partial charge in [0.2, 0.25) is 0 Å². The molecular formula is C22H27F2NO3. The van der Waals surface area contributed by atoms with Gasteiger partial charge in [-0.05, 0) is 68.9 Å². The number of ether oxygens (including phenoxy) is 3. The van der Waals surface area contributed by atoms with Crippen LogP contribution in [0, 0.1) is 11.6 Å². The monoisotopic (exact) mass is 391 g/mol. The zero-order chi connectivity index (χ0) is 19.8. The molecule has 0 bridgehead atoms. The maximum absolute atomic E-state index is 13.5. The van der Waals surface area contributed by atoms with Crippen molar-refractivity contribution in [2.45, 2.75) is 51.2 Å². The van der Waals surface area contributed by atoms with Crippen molar-refractivity contribution >= 4 is 5.69 Å². The molecule has 0 spiro atoms. The molecule has 0 atom stereocenters. The van der Waals surface area contributed by atoms with Crippen molar-refractivity contribution in [3.05, 3.63) is 53.6 Å². The molecular weight excluding hydrogens is 364 g/mol. The molecule has 2 N–H and O–H groups in total. The van der Waals surface area contributed by atoms with E-state index in [0.29, 0.717) is 30.8 Å². The van der Waals surface area contributed by atoms with E-state index in [1.165, 1.54) is 12.8 Å². The Morgan fingerprint density at radius 3 is 2.54 bits per heavy atom. The van der Waals surface area contributed by atoms with Crippen LogP contribution in [0.25, 0.3) is 0 Å². The summed E-state index contributed by atoms with van der Waals surface area (Å²) in [6.45, 7) is 1.01. The summed E-state index contributed by atoms with van der Waals surface area (Å²) in [5, 5.41) is 0. The van der Waals surface area contributed by atoms with Crippen LogP contribution < -0.4 is 15.2 Å². The minimum Gasteiger partial charge on any atom is -0.491 e. The molecule has 4 nitrogen and oxygen atoms in total. The van der Waals surface area contributed by atoms with Crippen molar-refractivity contribution in [2.24, 2.45) is 0 Å². The summed E-state index contributed by atoms with van der Waals surface area (Å²) in [5.41, 5.74) is 6.84. The van der Waals surface area contributed by atoms with E-state index in [0.717, 1.165) is 49.6 Å². The summed E-state index contributed by atoms with van der Waals surface area (Å²) < 4.78 is 43.6. The third-order valence-corrected chi connectivity index (χ3v) is 4.79. The summed E-state index contributed by atoms with van der Waals surface area (Å²) >= 11 is 0. The van der Waals surface area contributed by atoms with Crippen molar-refractivity contribution in [1.29, 1.82) is 0 Å². The molecule has 0 saturated heterocycles. The van der Waals surface area contributed by atoms with E-state index in [2.05, 4.69) is 0 Å². The van der Waals surface area contributed by atoms with Gasteiger partial charge >= 0.3 is 0 Å². The van der Waals surface area contributed by atoms with Gasteiger partial charge in [0, 0.05) is 18.2 Å². The number of anilines is 1. The van der Waals surface area contributed by atoms with Crippen LogP contribution in [0.3, 0.4) is 0 Å². The fourth-order valence-electron chi connectivity index (χ4n) is 3.25. The number of nitrogens with two attached hydrogens (primary N) is 1. The van der Waals surface area contributed by atoms with Crippen LogP contribution >= 0.6 is 0 Å². The van der Waals surface area contributed by atoms with Gasteiger partial charge in [-0.1, -0.05) is 0 Å². The Hall–Kier alpha value is -2.34. The van der Waals surface area contributed by atoms with Gasteiger partial charge in [-0.15, -0.1) is 0 Å². The minimum atomic E-state index is -0.467. The Morgan fingerprint density at radius 2 is 1.75 bits per heavy atom. The Balaban J connectivity index is 1.32. The normalized spacial score (nSPS) is 14.4. The number of benzene rings is 2. The number of nitrogen functional groups attached to an aromatic ring is 1. The molecule has 0 heterocycles. The van der Waals surface area contributed by atoms with Crippen LogP contribution in [-0.2, 0) is 11.3 Å². The van der Waals surface area contributed by atoms with Crippen LogP contribution in [0.4, 0.5) is 14.5 Å². The molecule has 0 unspecified atom stereocenters. The van der Waals surface area contributed by atoms with E-state index < -0.39 is 11.6 Å². The zero-order valence-corrected chi connectivity index (χ0v) is 16.0. The predicted molar refractivity (Wildman–Crippen MR) is 104 cm³/mol. The summed E-state index contributed by atoms with van der Waals surface area (Å²) in [7, 11) is 0. The van der Waals surface area contributed by atoms with Crippen molar-refractivity contribution in [3.63, 3.8) is 0 Å². The van der Waals surface area contributed by atoms with Gasteiger partial charge in [0.25, 0.3) is 0 Å². The lowest BCUT2D eigenvalue weighted by Crippen LogP contribution is -2.11. The van der Waals surface area contributed by atoms with E-state index in [9.17, 15) is 8.78 Å². The highest BCUT2D eigenvalue weighted by molar-refractivity contribution is 5.56. The average molecular weight is 391 g/mol. The second-order valence-electron chi connectivity index (χ2n) is 7.07. The van der Waals surface area contributed by atoms with E-state index in [-0.39, 0.29) is 12.2 Å². The molecule has 1 fully saturated rings. The molecule has 1 aliphatic carbocycles. The van der Waals surface area contributed by atoms with Crippen molar-refractivity contribution in [2.75, 3.05) is 18.9 Å². The first-order valence-electron chi connectivity index (χ1n) is 9.82. The topological polar surface area (TPSA) is 53.7 Å². The van der Waals surface area contributed by atoms with Crippen molar-refractivity contribution in [3.8, 4) is 11.5 Å². The Kier molecular flexibility index (Phi) is 7.48. The van der Waals surface area contributed by atoms with Crippen molar-refractivity contribution in [1.82, 2.24) is 0 Å². The summed E-state index contributed by atoms with van der Waals surface area (Å²) in [4.78, 5) is 0. The second-order valence-corrected chi connectivity index (χ2v) is 7.07. The molecule has 1 aliphatic rings. The quantitative estimate of drug-likeness (QED) is 0.444. The lowest BCUT2D eigenvalue weighted by molar-refractivity contribution is 0.111. The molecule has 2 aromatic carbocycles. The first-order valence-corrected chi connectivity index (χ1v) is 9.82. The number of hydrogen-bond donors (Lipinski definition) is 1. The molecule has 0 aliphatic heterocycles. The van der Waals surface area contributed by atoms with Gasteiger partial charge in [0.05, 0.1) is 25.0 Å². The Morgan fingerprint density at radius 1 is 0.964 bits per heavy atom. The summed E-state index contributed by atoms with van der Waals surface area (Å²) in [6, 6.07) is 8.89. The Labute approximate surface area is 164 Å². The largest absolute Gasteiger partial charge is 0.491 e. The number of hydrogen-bond acceptors (Lipinski definition) is 4. The van der Waals surface area contributed by atoms with E-state index in [1.54, 1.807) is 0 Å². The lowest BCUT2D eigenvalue weighted by atomic mass is 10.2. The maximum Gasteiger partial charge on any atom is 0.142 e. The van der Waals surface area contributed by atoms with Gasteiger partial charge < -0.3 is 19.9 Å². The predicted octanol–water partition coefficient (Wildman–Crippen LogP) is 5.24. The van der Waals surface area contributed by atoms with E-state index >= 15 is 0 Å². The van der Waals surface area contributed by atoms with E-state index in [1.807, 2.05) is 18.2 Å². The standard InChI is InChI=1S/C22H27F2NO3/c23-17-7-9-20(24)16(13-17)15-26-11-3-4-12-27-22-10-8-19(14-21(22)25)28-18-5-1-2-6-18/h7-10,13-14,18H,1-6,11-12,15,25H2. The Bertz CT molecular complexity index is 763. The third-order valence-electron chi connectivity index (χ3n) is 4.79. The molecule has 28 heavy (non-hydrogen) atoms. The molecule has 2 aromatic rings. The first kappa shape index (κ1) is 20.4. The second kappa shape index (κ2) is 10.3. The lowest BCUT2D eigenvalue weighted by Gasteiger charge is -2.15. The molecule has 0 aromatic heterocycles. The maximum atomic E-state index is 13.5. The van der Waals surface area contributed by atoms with Crippen LogP contribution in [0.5, 0.6) is 11.5 Å². The van der Waals surface area contributed by atoms with E-state index in [4.69, 9.17) is 19.9 Å². The fraction of sp³-hybridized carbons (Fsp3) is 0.455. The number of halogens is 2. The summed E-state index contributed by atoms with van der Waals surface area (Å²) in [5.74, 6) is 0.502. The highest BCUT2D eigenvalue weighted by Gasteiger charge is 2.16. The van der Waals surface area contributed by atoms with Crippen LogP contribution in [0.1, 0.15) is 44.1 Å². The summed E-state index contributed by atoms with van der Waals surface area (Å²) in [6.07, 6.45) is 6.47. The molecule has 6 heteroatoms. The highest BCUT2D eigenvalue weighted by atomic mass is 19.1. The van der Waals surface area contributed by atoms with Gasteiger partial charge in [-0.3, -0.25) is 0 Å². The zero-order valence-electron chi connectivity index (χ0n) is 16.0. The smallest absolute Gasteiger partial charge is 0.142 e. The van der Waals surface area contributed by atoms with Gasteiger partial charge in [-0.25, -0.2) is 8.78 Å². The van der Waals surface area contributed by atoms with Crippen LogP contribution in [0.2, 0.25) is 0 Å². The van der Waals surface area contributed by atoms with Gasteiger partial charge in [0.1, 0.15) is 23.1 Å². The van der Waals surface area contributed by atoms with Gasteiger partial charge in [-0.2, -0.15) is 0 Å². The molecule has 3 rings (SSSR count). The number of rotatable bonds is 10. The molecule has 1 saturated carbocycles. The van der Waals surface area contributed by atoms with Crippen molar-refractivity contribution < 1.29 is 23.0 Å². The van der Waals surface area contributed by atoms with Crippen LogP contribution in [0.15, 0.2) is 36.4 Å². The number of unbranched alkanes of at least 4 members (excludes halogenated alkanes) is 1.